The number of benzene rings is 2. The summed E-state index contributed by atoms with van der Waals surface area (Å²) in [5, 5.41) is 5.95. The van der Waals surface area contributed by atoms with Gasteiger partial charge in [0.05, 0.1) is 0 Å². The average molecular weight is 536 g/mol. The molecule has 2 atom stereocenters. The Morgan fingerprint density at radius 2 is 1.54 bits per heavy atom. The van der Waals surface area contributed by atoms with Crippen LogP contribution in [-0.4, -0.2) is 46.0 Å². The normalized spacial score (nSPS) is 15.5. The first-order chi connectivity index (χ1) is 18.1. The fraction of sp³-hybridized carbons (Fsp3) is 0.531. The number of alkyl carbamates (subject to hydrolysis) is 1. The summed E-state index contributed by atoms with van der Waals surface area (Å²) in [6.45, 7) is 15.1. The SMILES string of the molecule is Cc1cc(C)cc(C(C(=O)NC(C)(C)C)N(C(=O)C(Cc2ccccc2)NC(=O)OC(C)(C)C)C2CCC2)c1. The van der Waals surface area contributed by atoms with E-state index in [4.69, 9.17) is 4.74 Å². The van der Waals surface area contributed by atoms with Gasteiger partial charge in [-0.1, -0.05) is 59.7 Å². The molecule has 2 unspecified atom stereocenters. The van der Waals surface area contributed by atoms with Crippen molar-refractivity contribution in [1.29, 1.82) is 0 Å². The van der Waals surface area contributed by atoms with E-state index in [0.717, 1.165) is 41.5 Å². The Kier molecular flexibility index (Phi) is 9.47. The van der Waals surface area contributed by atoms with Crippen molar-refractivity contribution in [2.45, 2.75) is 110 Å². The van der Waals surface area contributed by atoms with Crippen LogP contribution in [0, 0.1) is 13.8 Å². The maximum Gasteiger partial charge on any atom is 0.408 e. The number of carbonyl (C=O) groups is 3. The Hall–Kier alpha value is -3.35. The van der Waals surface area contributed by atoms with Gasteiger partial charge < -0.3 is 20.3 Å². The van der Waals surface area contributed by atoms with E-state index in [0.29, 0.717) is 0 Å². The summed E-state index contributed by atoms with van der Waals surface area (Å²) >= 11 is 0. The number of carbonyl (C=O) groups excluding carboxylic acids is 3. The summed E-state index contributed by atoms with van der Waals surface area (Å²) in [7, 11) is 0. The topological polar surface area (TPSA) is 87.7 Å². The zero-order valence-corrected chi connectivity index (χ0v) is 24.8. The van der Waals surface area contributed by atoms with Crippen LogP contribution in [0.15, 0.2) is 48.5 Å². The molecule has 7 nitrogen and oxygen atoms in total. The van der Waals surface area contributed by atoms with Gasteiger partial charge in [-0.2, -0.15) is 0 Å². The maximum absolute atomic E-state index is 14.5. The van der Waals surface area contributed by atoms with Crippen LogP contribution in [0.3, 0.4) is 0 Å². The highest BCUT2D eigenvalue weighted by Crippen LogP contribution is 2.35. The van der Waals surface area contributed by atoms with E-state index < -0.39 is 29.3 Å². The van der Waals surface area contributed by atoms with Crippen LogP contribution in [0.4, 0.5) is 4.79 Å². The molecule has 212 valence electrons. The number of hydrogen-bond donors (Lipinski definition) is 2. The van der Waals surface area contributed by atoms with Gasteiger partial charge in [0.25, 0.3) is 0 Å². The molecular weight excluding hydrogens is 490 g/mol. The monoisotopic (exact) mass is 535 g/mol. The average Bonchev–Trinajstić information content (AvgIpc) is 2.74. The minimum atomic E-state index is -0.904. The molecule has 1 aliphatic rings. The van der Waals surface area contributed by atoms with Crippen molar-refractivity contribution in [3.63, 3.8) is 0 Å². The maximum atomic E-state index is 14.5. The first kappa shape index (κ1) is 30.2. The van der Waals surface area contributed by atoms with Gasteiger partial charge in [0, 0.05) is 18.0 Å². The van der Waals surface area contributed by atoms with Gasteiger partial charge in [-0.25, -0.2) is 4.79 Å². The van der Waals surface area contributed by atoms with Gasteiger partial charge in [-0.3, -0.25) is 9.59 Å². The second-order valence-electron chi connectivity index (χ2n) is 12.8. The molecule has 39 heavy (non-hydrogen) atoms. The van der Waals surface area contributed by atoms with Crippen LogP contribution < -0.4 is 10.6 Å². The smallest absolute Gasteiger partial charge is 0.408 e. The van der Waals surface area contributed by atoms with E-state index in [1.165, 1.54) is 0 Å². The third-order valence-electron chi connectivity index (χ3n) is 6.58. The van der Waals surface area contributed by atoms with E-state index in [9.17, 15) is 14.4 Å². The van der Waals surface area contributed by atoms with E-state index in [1.807, 2.05) is 77.1 Å². The van der Waals surface area contributed by atoms with Crippen LogP contribution in [0.5, 0.6) is 0 Å². The number of amides is 3. The van der Waals surface area contributed by atoms with Crippen molar-refractivity contribution < 1.29 is 19.1 Å². The first-order valence-electron chi connectivity index (χ1n) is 13.9. The lowest BCUT2D eigenvalue weighted by molar-refractivity contribution is -0.148. The lowest BCUT2D eigenvalue weighted by Gasteiger charge is -2.44. The molecular formula is C32H45N3O4. The van der Waals surface area contributed by atoms with Crippen molar-refractivity contribution in [2.75, 3.05) is 0 Å². The number of nitrogens with zero attached hydrogens (tertiary/aromatic N) is 1. The molecule has 1 saturated carbocycles. The molecule has 3 amide bonds. The molecule has 0 spiro atoms. The first-order valence-corrected chi connectivity index (χ1v) is 13.9. The van der Waals surface area contributed by atoms with Crippen molar-refractivity contribution >= 4 is 17.9 Å². The number of hydrogen-bond acceptors (Lipinski definition) is 4. The van der Waals surface area contributed by atoms with E-state index in [2.05, 4.69) is 16.7 Å². The summed E-state index contributed by atoms with van der Waals surface area (Å²) in [6.07, 6.45) is 2.22. The molecule has 0 aromatic heterocycles. The summed E-state index contributed by atoms with van der Waals surface area (Å²) in [5.74, 6) is -0.522. The van der Waals surface area contributed by atoms with Crippen LogP contribution in [0.1, 0.15) is 89.1 Å². The fourth-order valence-corrected chi connectivity index (χ4v) is 4.91. The van der Waals surface area contributed by atoms with Crippen LogP contribution in [0.25, 0.3) is 0 Å². The Morgan fingerprint density at radius 3 is 2.03 bits per heavy atom. The fourth-order valence-electron chi connectivity index (χ4n) is 4.91. The summed E-state index contributed by atoms with van der Waals surface area (Å²) in [6, 6.07) is 13.8. The van der Waals surface area contributed by atoms with E-state index >= 15 is 0 Å². The number of aryl methyl sites for hydroxylation is 2. The van der Waals surface area contributed by atoms with Crippen molar-refractivity contribution in [1.82, 2.24) is 15.5 Å². The lowest BCUT2D eigenvalue weighted by Crippen LogP contribution is -2.59. The van der Waals surface area contributed by atoms with Gasteiger partial charge in [0.1, 0.15) is 17.7 Å². The highest BCUT2D eigenvalue weighted by Gasteiger charge is 2.42. The Bertz CT molecular complexity index is 1140. The van der Waals surface area contributed by atoms with Gasteiger partial charge in [0.2, 0.25) is 11.8 Å². The molecule has 3 rings (SSSR count). The molecule has 2 aromatic carbocycles. The van der Waals surface area contributed by atoms with Gasteiger partial charge >= 0.3 is 6.09 Å². The minimum absolute atomic E-state index is 0.104. The largest absolute Gasteiger partial charge is 0.444 e. The van der Waals surface area contributed by atoms with Gasteiger partial charge in [-0.05, 0) is 85.8 Å². The van der Waals surface area contributed by atoms with Crippen molar-refractivity contribution in [3.05, 3.63) is 70.8 Å². The number of rotatable bonds is 8. The number of nitrogens with one attached hydrogen (secondary N) is 2. The number of ether oxygens (including phenoxy) is 1. The zero-order chi connectivity index (χ0) is 29.0. The second kappa shape index (κ2) is 12.2. The third kappa shape index (κ3) is 8.84. The molecule has 0 aliphatic heterocycles. The van der Waals surface area contributed by atoms with Crippen LogP contribution in [0.2, 0.25) is 0 Å². The molecule has 0 saturated heterocycles. The van der Waals surface area contributed by atoms with E-state index in [-0.39, 0.29) is 24.3 Å². The Labute approximate surface area is 233 Å². The molecule has 0 bridgehead atoms. The molecule has 2 N–H and O–H groups in total. The highest BCUT2D eigenvalue weighted by atomic mass is 16.6. The summed E-state index contributed by atoms with van der Waals surface area (Å²) in [4.78, 5) is 43.1. The highest BCUT2D eigenvalue weighted by molar-refractivity contribution is 5.93. The summed E-state index contributed by atoms with van der Waals surface area (Å²) in [5.41, 5.74) is 2.51. The molecule has 0 heterocycles. The van der Waals surface area contributed by atoms with Gasteiger partial charge in [-0.15, -0.1) is 0 Å². The van der Waals surface area contributed by atoms with Crippen molar-refractivity contribution in [2.24, 2.45) is 0 Å². The predicted octanol–water partition coefficient (Wildman–Crippen LogP) is 5.78. The molecule has 0 radical (unpaired) electrons. The van der Waals surface area contributed by atoms with Crippen LogP contribution >= 0.6 is 0 Å². The lowest BCUT2D eigenvalue weighted by atomic mass is 9.87. The quantitative estimate of drug-likeness (QED) is 0.449. The predicted molar refractivity (Wildman–Crippen MR) is 154 cm³/mol. The van der Waals surface area contributed by atoms with Crippen molar-refractivity contribution in [3.8, 4) is 0 Å². The zero-order valence-electron chi connectivity index (χ0n) is 24.8. The van der Waals surface area contributed by atoms with Crippen LogP contribution in [-0.2, 0) is 20.7 Å². The second-order valence-corrected chi connectivity index (χ2v) is 12.8. The van der Waals surface area contributed by atoms with E-state index in [1.54, 1.807) is 25.7 Å². The molecule has 1 fully saturated rings. The summed E-state index contributed by atoms with van der Waals surface area (Å²) < 4.78 is 5.53. The Morgan fingerprint density at radius 1 is 0.949 bits per heavy atom. The third-order valence-corrected chi connectivity index (χ3v) is 6.58. The molecule has 2 aromatic rings. The standard InChI is InChI=1S/C32H45N3O4/c1-21-17-22(2)19-24(18-21)27(28(36)34-31(3,4)5)35(25-15-12-16-25)29(37)26(20-23-13-10-9-11-14-23)33-30(38)39-32(6,7)8/h9-11,13-14,17-19,25-27H,12,15-16,20H2,1-8H3,(H,33,38)(H,34,36). The Balaban J connectivity index is 2.08. The van der Waals surface area contributed by atoms with Gasteiger partial charge in [0.15, 0.2) is 0 Å². The molecule has 7 heteroatoms. The molecule has 1 aliphatic carbocycles. The minimum Gasteiger partial charge on any atom is -0.444 e.